The van der Waals surface area contributed by atoms with Gasteiger partial charge >= 0.3 is 0 Å². The van der Waals surface area contributed by atoms with Gasteiger partial charge in [0.2, 0.25) is 5.91 Å². The van der Waals surface area contributed by atoms with Gasteiger partial charge in [-0.05, 0) is 97.1 Å². The maximum atomic E-state index is 12.3. The predicted octanol–water partition coefficient (Wildman–Crippen LogP) is 5.44. The van der Waals surface area contributed by atoms with Gasteiger partial charge in [-0.3, -0.25) is 4.79 Å². The molecule has 1 atom stereocenters. The van der Waals surface area contributed by atoms with Crippen molar-refractivity contribution in [3.63, 3.8) is 0 Å². The molecule has 2 aromatic carbocycles. The molecule has 151 valence electrons. The van der Waals surface area contributed by atoms with Gasteiger partial charge in [0.25, 0.3) is 0 Å². The first kappa shape index (κ1) is 18.9. The molecule has 1 saturated carbocycles. The molecule has 1 unspecified atom stereocenters. The van der Waals surface area contributed by atoms with Crippen molar-refractivity contribution in [2.75, 3.05) is 13.1 Å². The van der Waals surface area contributed by atoms with E-state index in [1.807, 2.05) is 0 Å². The van der Waals surface area contributed by atoms with Crippen molar-refractivity contribution in [1.82, 2.24) is 4.90 Å². The largest absolute Gasteiger partial charge is 0.342 e. The minimum Gasteiger partial charge on any atom is -0.342 e. The number of aryl methyl sites for hydroxylation is 2. The first-order chi connectivity index (χ1) is 14.2. The summed E-state index contributed by atoms with van der Waals surface area (Å²) in [4.78, 5) is 14.5. The molecule has 2 fully saturated rings. The number of piperidine rings is 1. The molecule has 0 N–H and O–H groups in total. The van der Waals surface area contributed by atoms with Gasteiger partial charge in [0.1, 0.15) is 0 Å². The van der Waals surface area contributed by atoms with Crippen LogP contribution < -0.4 is 0 Å². The highest BCUT2D eigenvalue weighted by molar-refractivity contribution is 5.81. The Balaban J connectivity index is 1.27. The molecule has 1 radical (unpaired) electrons. The predicted molar refractivity (Wildman–Crippen MR) is 117 cm³/mol. The number of rotatable bonds is 5. The highest BCUT2D eigenvalue weighted by Gasteiger charge is 2.35. The first-order valence-corrected chi connectivity index (χ1v) is 11.6. The lowest BCUT2D eigenvalue weighted by Gasteiger charge is -2.33. The topological polar surface area (TPSA) is 20.3 Å². The Hall–Kier alpha value is -2.09. The highest BCUT2D eigenvalue weighted by Crippen LogP contribution is 2.38. The summed E-state index contributed by atoms with van der Waals surface area (Å²) in [6.07, 6.45) is 9.16. The van der Waals surface area contributed by atoms with E-state index >= 15 is 0 Å². The number of likely N-dealkylation sites (tertiary alicyclic amines) is 1. The summed E-state index contributed by atoms with van der Waals surface area (Å²) in [6.45, 7) is 4.17. The highest BCUT2D eigenvalue weighted by atomic mass is 16.2. The zero-order valence-electron chi connectivity index (χ0n) is 17.6. The van der Waals surface area contributed by atoms with Crippen LogP contribution in [0.15, 0.2) is 36.4 Å². The second-order valence-electron chi connectivity index (χ2n) is 9.31. The van der Waals surface area contributed by atoms with Crippen LogP contribution in [0.2, 0.25) is 0 Å². The molecule has 2 aliphatic carbocycles. The Morgan fingerprint density at radius 3 is 2.69 bits per heavy atom. The number of amides is 1. The van der Waals surface area contributed by atoms with E-state index < -0.39 is 0 Å². The first-order valence-electron chi connectivity index (χ1n) is 11.6. The molecule has 0 aromatic heterocycles. The fourth-order valence-electron chi connectivity index (χ4n) is 5.54. The average molecular weight is 387 g/mol. The fraction of sp³-hybridized carbons (Fsp3) is 0.519. The van der Waals surface area contributed by atoms with Gasteiger partial charge in [-0.1, -0.05) is 43.3 Å². The van der Waals surface area contributed by atoms with Gasteiger partial charge in [0.05, 0.1) is 0 Å². The van der Waals surface area contributed by atoms with Crippen LogP contribution in [-0.2, 0) is 24.1 Å². The van der Waals surface area contributed by atoms with Crippen molar-refractivity contribution < 1.29 is 4.79 Å². The summed E-state index contributed by atoms with van der Waals surface area (Å²) in [7, 11) is 0. The van der Waals surface area contributed by atoms with Crippen LogP contribution in [0, 0.1) is 12.0 Å². The SMILES string of the molecule is CCc1cc(CC2CCc3ccc[c]c32)ccc1C1CCN(C(=O)C2CC2)CC1. The molecule has 5 rings (SSSR count). The second kappa shape index (κ2) is 7.97. The number of hydrogen-bond acceptors (Lipinski definition) is 1. The van der Waals surface area contributed by atoms with Crippen molar-refractivity contribution in [1.29, 1.82) is 0 Å². The number of nitrogens with zero attached hydrogens (tertiary/aromatic N) is 1. The van der Waals surface area contributed by atoms with Crippen molar-refractivity contribution in [3.8, 4) is 0 Å². The Morgan fingerprint density at radius 1 is 1.10 bits per heavy atom. The number of benzene rings is 2. The zero-order chi connectivity index (χ0) is 19.8. The minimum atomic E-state index is 0.356. The van der Waals surface area contributed by atoms with Gasteiger partial charge < -0.3 is 4.90 Å². The van der Waals surface area contributed by atoms with Crippen LogP contribution in [0.5, 0.6) is 0 Å². The van der Waals surface area contributed by atoms with E-state index in [1.54, 1.807) is 0 Å². The normalized spacial score (nSPS) is 22.0. The molecule has 29 heavy (non-hydrogen) atoms. The Labute approximate surface area is 175 Å². The molecule has 0 spiro atoms. The van der Waals surface area contributed by atoms with Crippen molar-refractivity contribution in [2.24, 2.45) is 5.92 Å². The lowest BCUT2D eigenvalue weighted by atomic mass is 9.83. The lowest BCUT2D eigenvalue weighted by Crippen LogP contribution is -2.38. The van der Waals surface area contributed by atoms with Crippen LogP contribution in [0.1, 0.15) is 78.7 Å². The summed E-state index contributed by atoms with van der Waals surface area (Å²) in [6, 6.07) is 17.2. The van der Waals surface area contributed by atoms with Gasteiger partial charge in [0.15, 0.2) is 0 Å². The average Bonchev–Trinajstić information content (AvgIpc) is 3.55. The molecule has 0 bridgehead atoms. The van der Waals surface area contributed by atoms with Gasteiger partial charge in [-0.15, -0.1) is 0 Å². The molecule has 1 amide bonds. The molecule has 3 aliphatic rings. The smallest absolute Gasteiger partial charge is 0.225 e. The third-order valence-electron chi connectivity index (χ3n) is 7.39. The quantitative estimate of drug-likeness (QED) is 0.670. The standard InChI is InChI=1S/C27H32NO/c1-2-20-17-19(18-24-11-8-21-5-3-4-6-25(21)24)7-12-26(20)22-13-15-28(16-14-22)27(29)23-9-10-23/h3-5,7,12,17,22-24H,2,8-11,13-16,18H2,1H3. The van der Waals surface area contributed by atoms with Crippen LogP contribution in [0.4, 0.5) is 0 Å². The lowest BCUT2D eigenvalue weighted by molar-refractivity contribution is -0.133. The molecule has 1 heterocycles. The van der Waals surface area contributed by atoms with E-state index in [4.69, 9.17) is 0 Å². The van der Waals surface area contributed by atoms with E-state index in [2.05, 4.69) is 54.3 Å². The Bertz CT molecular complexity index is 889. The van der Waals surface area contributed by atoms with E-state index in [1.165, 1.54) is 40.7 Å². The summed E-state index contributed by atoms with van der Waals surface area (Å²) < 4.78 is 0. The van der Waals surface area contributed by atoms with Gasteiger partial charge in [-0.2, -0.15) is 0 Å². The van der Waals surface area contributed by atoms with Crippen LogP contribution in [-0.4, -0.2) is 23.9 Å². The van der Waals surface area contributed by atoms with Crippen LogP contribution in [0.25, 0.3) is 0 Å². The monoisotopic (exact) mass is 386 g/mol. The van der Waals surface area contributed by atoms with Crippen molar-refractivity contribution in [3.05, 3.63) is 70.3 Å². The zero-order valence-corrected chi connectivity index (χ0v) is 17.6. The van der Waals surface area contributed by atoms with Gasteiger partial charge in [0, 0.05) is 19.0 Å². The molecule has 2 heteroatoms. The summed E-state index contributed by atoms with van der Waals surface area (Å²) in [5.41, 5.74) is 7.47. The number of carbonyl (C=O) groups is 1. The van der Waals surface area contributed by atoms with Gasteiger partial charge in [-0.25, -0.2) is 0 Å². The molecular formula is C27H32NO. The van der Waals surface area contributed by atoms with E-state index in [0.717, 1.165) is 51.6 Å². The maximum Gasteiger partial charge on any atom is 0.225 e. The molecule has 2 aromatic rings. The third kappa shape index (κ3) is 3.86. The number of carbonyl (C=O) groups excluding carboxylic acids is 1. The molecular weight excluding hydrogens is 354 g/mol. The van der Waals surface area contributed by atoms with Crippen molar-refractivity contribution >= 4 is 5.91 Å². The third-order valence-corrected chi connectivity index (χ3v) is 7.39. The Kier molecular flexibility index (Phi) is 5.20. The Morgan fingerprint density at radius 2 is 1.93 bits per heavy atom. The molecule has 2 nitrogen and oxygen atoms in total. The van der Waals surface area contributed by atoms with E-state index in [9.17, 15) is 4.79 Å². The molecule has 1 saturated heterocycles. The van der Waals surface area contributed by atoms with E-state index in [-0.39, 0.29) is 0 Å². The molecule has 1 aliphatic heterocycles. The second-order valence-corrected chi connectivity index (χ2v) is 9.31. The van der Waals surface area contributed by atoms with Crippen LogP contribution >= 0.6 is 0 Å². The number of hydrogen-bond donors (Lipinski definition) is 0. The summed E-state index contributed by atoms with van der Waals surface area (Å²) in [5, 5.41) is 0. The fourth-order valence-corrected chi connectivity index (χ4v) is 5.54. The van der Waals surface area contributed by atoms with Crippen LogP contribution in [0.3, 0.4) is 0 Å². The van der Waals surface area contributed by atoms with E-state index in [0.29, 0.717) is 23.7 Å². The van der Waals surface area contributed by atoms with Crippen molar-refractivity contribution in [2.45, 2.75) is 70.1 Å². The summed E-state index contributed by atoms with van der Waals surface area (Å²) in [5.74, 6) is 2.01. The maximum absolute atomic E-state index is 12.3. The minimum absolute atomic E-state index is 0.356. The number of fused-ring (bicyclic) bond motifs is 1. The summed E-state index contributed by atoms with van der Waals surface area (Å²) >= 11 is 0.